The summed E-state index contributed by atoms with van der Waals surface area (Å²) in [4.78, 5) is 28.5. The molecule has 4 rings (SSSR count). The molecule has 3 aromatic rings. The van der Waals surface area contributed by atoms with Crippen LogP contribution >= 0.6 is 23.2 Å². The van der Waals surface area contributed by atoms with E-state index in [4.69, 9.17) is 27.9 Å². The second-order valence-corrected chi connectivity index (χ2v) is 10.6. The third-order valence-electron chi connectivity index (χ3n) is 6.96. The van der Waals surface area contributed by atoms with E-state index in [0.29, 0.717) is 52.5 Å². The zero-order valence-electron chi connectivity index (χ0n) is 22.2. The van der Waals surface area contributed by atoms with Crippen LogP contribution in [0.15, 0.2) is 66.7 Å². The van der Waals surface area contributed by atoms with Crippen molar-refractivity contribution >= 4 is 46.4 Å². The second-order valence-electron chi connectivity index (χ2n) is 9.74. The molecule has 206 valence electrons. The van der Waals surface area contributed by atoms with E-state index in [-0.39, 0.29) is 11.8 Å². The molecule has 0 spiro atoms. The number of ether oxygens (including phenoxy) is 1. The molecule has 2 N–H and O–H groups in total. The van der Waals surface area contributed by atoms with Gasteiger partial charge in [-0.05, 0) is 80.5 Å². The van der Waals surface area contributed by atoms with Crippen molar-refractivity contribution in [3.05, 3.63) is 93.5 Å². The van der Waals surface area contributed by atoms with Crippen molar-refractivity contribution in [2.24, 2.45) is 5.92 Å². The minimum atomic E-state index is -0.328. The summed E-state index contributed by atoms with van der Waals surface area (Å²) in [5.41, 5.74) is 3.71. The van der Waals surface area contributed by atoms with Crippen LogP contribution in [0.25, 0.3) is 0 Å². The molecule has 0 aromatic heterocycles. The van der Waals surface area contributed by atoms with E-state index in [1.54, 1.807) is 18.2 Å². The Morgan fingerprint density at radius 1 is 0.949 bits per heavy atom. The second kappa shape index (κ2) is 14.4. The molecular weight excluding hydrogens is 533 g/mol. The molecule has 3 aromatic carbocycles. The van der Waals surface area contributed by atoms with Crippen molar-refractivity contribution in [3.63, 3.8) is 0 Å². The SMILES string of the molecule is CCOCCCNC(=O)c1cc(NC(=O)c2ccc(Cl)c(Cl)c2)ccc1N1CCC(Cc2ccccc2)CC1. The molecule has 0 saturated carbocycles. The van der Waals surface area contributed by atoms with E-state index in [2.05, 4.69) is 39.8 Å². The molecular formula is C31H35Cl2N3O3. The van der Waals surface area contributed by atoms with Gasteiger partial charge in [-0.1, -0.05) is 53.5 Å². The quantitative estimate of drug-likeness (QED) is 0.248. The average Bonchev–Trinajstić information content (AvgIpc) is 2.95. The molecule has 1 saturated heterocycles. The number of nitrogens with zero attached hydrogens (tertiary/aromatic N) is 1. The van der Waals surface area contributed by atoms with Crippen LogP contribution in [-0.4, -0.2) is 44.7 Å². The molecule has 1 fully saturated rings. The molecule has 0 bridgehead atoms. The van der Waals surface area contributed by atoms with Crippen molar-refractivity contribution in [2.45, 2.75) is 32.6 Å². The van der Waals surface area contributed by atoms with Gasteiger partial charge in [0, 0.05) is 49.8 Å². The lowest BCUT2D eigenvalue weighted by atomic mass is 9.89. The summed E-state index contributed by atoms with van der Waals surface area (Å²) >= 11 is 12.1. The number of anilines is 2. The average molecular weight is 569 g/mol. The van der Waals surface area contributed by atoms with E-state index < -0.39 is 0 Å². The van der Waals surface area contributed by atoms with Gasteiger partial charge in [0.2, 0.25) is 0 Å². The fourth-order valence-corrected chi connectivity index (χ4v) is 5.15. The summed E-state index contributed by atoms with van der Waals surface area (Å²) in [7, 11) is 0. The van der Waals surface area contributed by atoms with Crippen LogP contribution in [0.4, 0.5) is 11.4 Å². The molecule has 0 aliphatic carbocycles. The monoisotopic (exact) mass is 567 g/mol. The molecule has 6 nitrogen and oxygen atoms in total. The Morgan fingerprint density at radius 2 is 1.72 bits per heavy atom. The van der Waals surface area contributed by atoms with Crippen molar-refractivity contribution in [1.29, 1.82) is 0 Å². The molecule has 8 heteroatoms. The first-order valence-electron chi connectivity index (χ1n) is 13.5. The first-order valence-corrected chi connectivity index (χ1v) is 14.3. The summed E-state index contributed by atoms with van der Waals surface area (Å²) in [6.07, 6.45) is 3.91. The number of amides is 2. The molecule has 0 radical (unpaired) electrons. The Hall–Kier alpha value is -3.06. The van der Waals surface area contributed by atoms with Crippen LogP contribution < -0.4 is 15.5 Å². The van der Waals surface area contributed by atoms with Crippen molar-refractivity contribution in [3.8, 4) is 0 Å². The maximum Gasteiger partial charge on any atom is 0.255 e. The predicted molar refractivity (Wildman–Crippen MR) is 159 cm³/mol. The zero-order chi connectivity index (χ0) is 27.6. The minimum absolute atomic E-state index is 0.168. The van der Waals surface area contributed by atoms with Gasteiger partial charge in [-0.2, -0.15) is 0 Å². The van der Waals surface area contributed by atoms with Gasteiger partial charge in [0.05, 0.1) is 15.6 Å². The van der Waals surface area contributed by atoms with Gasteiger partial charge in [-0.3, -0.25) is 9.59 Å². The summed E-state index contributed by atoms with van der Waals surface area (Å²) in [5.74, 6) is 0.119. The number of carbonyl (C=O) groups excluding carboxylic acids is 2. The van der Waals surface area contributed by atoms with Crippen LogP contribution in [0.3, 0.4) is 0 Å². The first-order chi connectivity index (χ1) is 18.9. The Morgan fingerprint density at radius 3 is 2.44 bits per heavy atom. The Bertz CT molecular complexity index is 1260. The molecule has 0 atom stereocenters. The topological polar surface area (TPSA) is 70.7 Å². The lowest BCUT2D eigenvalue weighted by molar-refractivity contribution is 0.0943. The van der Waals surface area contributed by atoms with E-state index in [0.717, 1.165) is 44.5 Å². The fraction of sp³-hybridized carbons (Fsp3) is 0.355. The van der Waals surface area contributed by atoms with Crippen LogP contribution in [0.2, 0.25) is 10.0 Å². The first kappa shape index (κ1) is 28.9. The molecule has 1 aliphatic heterocycles. The number of carbonyl (C=O) groups is 2. The number of halogens is 2. The minimum Gasteiger partial charge on any atom is -0.382 e. The number of nitrogens with one attached hydrogen (secondary N) is 2. The highest BCUT2D eigenvalue weighted by molar-refractivity contribution is 6.42. The lowest BCUT2D eigenvalue weighted by Crippen LogP contribution is -2.36. The maximum atomic E-state index is 13.3. The Labute approximate surface area is 240 Å². The Kier molecular flexibility index (Phi) is 10.7. The molecule has 1 heterocycles. The summed E-state index contributed by atoms with van der Waals surface area (Å²) in [6.45, 7) is 5.45. The number of piperidine rings is 1. The lowest BCUT2D eigenvalue weighted by Gasteiger charge is -2.35. The molecule has 39 heavy (non-hydrogen) atoms. The van der Waals surface area contributed by atoms with Crippen molar-refractivity contribution in [1.82, 2.24) is 5.32 Å². The van der Waals surface area contributed by atoms with Gasteiger partial charge in [0.15, 0.2) is 0 Å². The number of rotatable bonds is 11. The normalized spacial score (nSPS) is 13.8. The maximum absolute atomic E-state index is 13.3. The van der Waals surface area contributed by atoms with Crippen LogP contribution in [0.5, 0.6) is 0 Å². The van der Waals surface area contributed by atoms with Crippen LogP contribution in [0, 0.1) is 5.92 Å². The van der Waals surface area contributed by atoms with Crippen molar-refractivity contribution in [2.75, 3.05) is 43.1 Å². The van der Waals surface area contributed by atoms with Crippen molar-refractivity contribution < 1.29 is 14.3 Å². The molecule has 0 unspecified atom stereocenters. The number of hydrogen-bond donors (Lipinski definition) is 2. The third kappa shape index (κ3) is 8.21. The molecule has 1 aliphatic rings. The smallest absolute Gasteiger partial charge is 0.255 e. The zero-order valence-corrected chi connectivity index (χ0v) is 23.7. The van der Waals surface area contributed by atoms with Gasteiger partial charge in [0.1, 0.15) is 0 Å². The van der Waals surface area contributed by atoms with E-state index >= 15 is 0 Å². The highest BCUT2D eigenvalue weighted by Crippen LogP contribution is 2.31. The molecule has 2 amide bonds. The van der Waals surface area contributed by atoms with Gasteiger partial charge >= 0.3 is 0 Å². The van der Waals surface area contributed by atoms with Gasteiger partial charge in [-0.25, -0.2) is 0 Å². The van der Waals surface area contributed by atoms with Gasteiger partial charge in [-0.15, -0.1) is 0 Å². The van der Waals surface area contributed by atoms with E-state index in [1.807, 2.05) is 25.1 Å². The van der Waals surface area contributed by atoms with Crippen LogP contribution in [-0.2, 0) is 11.2 Å². The predicted octanol–water partition coefficient (Wildman–Crippen LogP) is 6.86. The summed E-state index contributed by atoms with van der Waals surface area (Å²) < 4.78 is 5.39. The van der Waals surface area contributed by atoms with E-state index in [9.17, 15) is 9.59 Å². The summed E-state index contributed by atoms with van der Waals surface area (Å²) in [5, 5.41) is 6.59. The van der Waals surface area contributed by atoms with Crippen LogP contribution in [0.1, 0.15) is 52.5 Å². The van der Waals surface area contributed by atoms with Gasteiger partial charge < -0.3 is 20.3 Å². The fourth-order valence-electron chi connectivity index (χ4n) is 4.85. The Balaban J connectivity index is 1.48. The summed E-state index contributed by atoms with van der Waals surface area (Å²) in [6, 6.07) is 20.8. The highest BCUT2D eigenvalue weighted by atomic mass is 35.5. The standard InChI is InChI=1S/C31H35Cl2N3O3/c1-2-39-18-6-15-34-31(38)26-21-25(35-30(37)24-9-11-27(32)28(33)20-24)10-12-29(26)36-16-13-23(14-17-36)19-22-7-4-3-5-8-22/h3-5,7-12,20-21,23H,2,6,13-19H2,1H3,(H,34,38)(H,35,37). The largest absolute Gasteiger partial charge is 0.382 e. The highest BCUT2D eigenvalue weighted by Gasteiger charge is 2.24. The van der Waals surface area contributed by atoms with Gasteiger partial charge in [0.25, 0.3) is 11.8 Å². The third-order valence-corrected chi connectivity index (χ3v) is 7.70. The number of hydrogen-bond acceptors (Lipinski definition) is 4. The number of benzene rings is 3. The van der Waals surface area contributed by atoms with E-state index in [1.165, 1.54) is 11.6 Å².